The zero-order valence-electron chi connectivity index (χ0n) is 17.4. The molecule has 0 aromatic heterocycles. The summed E-state index contributed by atoms with van der Waals surface area (Å²) < 4.78 is 0. The number of isothiocyanates is 1. The van der Waals surface area contributed by atoms with Gasteiger partial charge in [0.25, 0.3) is 0 Å². The number of rotatable bonds is 9. The van der Waals surface area contributed by atoms with Crippen molar-refractivity contribution in [1.82, 2.24) is 0 Å². The van der Waals surface area contributed by atoms with Crippen molar-refractivity contribution in [3.8, 4) is 11.1 Å². The maximum atomic E-state index is 4.67. The molecule has 1 atom stereocenters. The zero-order chi connectivity index (χ0) is 20.5. The van der Waals surface area contributed by atoms with Crippen molar-refractivity contribution in [2.45, 2.75) is 46.0 Å². The van der Waals surface area contributed by atoms with Gasteiger partial charge in [-0.2, -0.15) is 4.99 Å². The topological polar surface area (TPSA) is 12.4 Å². The van der Waals surface area contributed by atoms with Crippen LogP contribution in [0.25, 0.3) is 11.1 Å². The molecule has 0 heterocycles. The van der Waals surface area contributed by atoms with Crippen LogP contribution in [0.4, 0.5) is 5.69 Å². The number of aliphatic imine (C=N–C) groups is 1. The third kappa shape index (κ3) is 6.22. The fourth-order valence-corrected chi connectivity index (χ4v) is 3.66. The minimum absolute atomic E-state index is 0.797. The normalized spacial score (nSPS) is 11.7. The molecule has 29 heavy (non-hydrogen) atoms. The number of benzene rings is 3. The second-order valence-electron chi connectivity index (χ2n) is 7.78. The molecule has 0 saturated carbocycles. The van der Waals surface area contributed by atoms with E-state index < -0.39 is 0 Å². The molecule has 3 aromatic rings. The van der Waals surface area contributed by atoms with Crippen molar-refractivity contribution in [3.63, 3.8) is 0 Å². The van der Waals surface area contributed by atoms with E-state index in [1.807, 2.05) is 12.1 Å². The van der Waals surface area contributed by atoms with Gasteiger partial charge in [0.15, 0.2) is 0 Å². The van der Waals surface area contributed by atoms with Crippen LogP contribution in [0.5, 0.6) is 0 Å². The Hall–Kier alpha value is -2.54. The average Bonchev–Trinajstić information content (AvgIpc) is 2.78. The molecule has 0 saturated heterocycles. The summed E-state index contributed by atoms with van der Waals surface area (Å²) in [5.74, 6) is 0.797. The van der Waals surface area contributed by atoms with Crippen LogP contribution in [0, 0.1) is 5.92 Å². The molecule has 3 aromatic carbocycles. The molecule has 2 heteroatoms. The highest BCUT2D eigenvalue weighted by atomic mass is 32.1. The molecule has 0 radical (unpaired) electrons. The minimum Gasteiger partial charge on any atom is -0.195 e. The number of hydrogen-bond donors (Lipinski definition) is 0. The van der Waals surface area contributed by atoms with Crippen molar-refractivity contribution < 1.29 is 0 Å². The predicted octanol–water partition coefficient (Wildman–Crippen LogP) is 7.85. The van der Waals surface area contributed by atoms with Crippen LogP contribution in [0.2, 0.25) is 0 Å². The molecule has 0 aliphatic carbocycles. The fourth-order valence-electron chi connectivity index (χ4n) is 3.56. The van der Waals surface area contributed by atoms with Gasteiger partial charge in [0.2, 0.25) is 0 Å². The van der Waals surface area contributed by atoms with Crippen LogP contribution in [-0.2, 0) is 19.3 Å². The van der Waals surface area contributed by atoms with Gasteiger partial charge >= 0.3 is 0 Å². The highest BCUT2D eigenvalue weighted by Gasteiger charge is 2.06. The highest BCUT2D eigenvalue weighted by molar-refractivity contribution is 7.78. The molecule has 0 N–H and O–H groups in total. The molecule has 0 aliphatic rings. The van der Waals surface area contributed by atoms with Crippen molar-refractivity contribution >= 4 is 23.1 Å². The first-order valence-electron chi connectivity index (χ1n) is 10.5. The van der Waals surface area contributed by atoms with Crippen molar-refractivity contribution in [1.29, 1.82) is 0 Å². The van der Waals surface area contributed by atoms with Gasteiger partial charge in [-0.3, -0.25) is 0 Å². The predicted molar refractivity (Wildman–Crippen MR) is 128 cm³/mol. The largest absolute Gasteiger partial charge is 0.195 e. The van der Waals surface area contributed by atoms with Crippen LogP contribution >= 0.6 is 12.2 Å². The Morgan fingerprint density at radius 3 is 2.17 bits per heavy atom. The smallest absolute Gasteiger partial charge is 0.0739 e. The Balaban J connectivity index is 1.69. The van der Waals surface area contributed by atoms with Crippen LogP contribution in [0.1, 0.15) is 43.4 Å². The van der Waals surface area contributed by atoms with Crippen molar-refractivity contribution in [3.05, 3.63) is 89.5 Å². The first-order chi connectivity index (χ1) is 14.2. The molecule has 0 bridgehead atoms. The molecule has 1 unspecified atom stereocenters. The maximum Gasteiger partial charge on any atom is 0.0739 e. The van der Waals surface area contributed by atoms with Gasteiger partial charge in [-0.25, -0.2) is 0 Å². The summed E-state index contributed by atoms with van der Waals surface area (Å²) in [4.78, 5) is 4.02. The number of hydrogen-bond acceptors (Lipinski definition) is 2. The molecule has 0 aliphatic heterocycles. The highest BCUT2D eigenvalue weighted by Crippen LogP contribution is 2.26. The van der Waals surface area contributed by atoms with E-state index >= 15 is 0 Å². The van der Waals surface area contributed by atoms with Gasteiger partial charge in [-0.15, -0.1) is 0 Å². The lowest BCUT2D eigenvalue weighted by Gasteiger charge is -2.12. The molecule has 0 fully saturated rings. The maximum absolute atomic E-state index is 4.67. The van der Waals surface area contributed by atoms with Crippen molar-refractivity contribution in [2.24, 2.45) is 10.9 Å². The third-order valence-electron chi connectivity index (χ3n) is 5.70. The van der Waals surface area contributed by atoms with Gasteiger partial charge in [0, 0.05) is 0 Å². The van der Waals surface area contributed by atoms with E-state index in [4.69, 9.17) is 0 Å². The average molecular weight is 400 g/mol. The Morgan fingerprint density at radius 2 is 1.48 bits per heavy atom. The van der Waals surface area contributed by atoms with Gasteiger partial charge in [-0.1, -0.05) is 80.9 Å². The zero-order valence-corrected chi connectivity index (χ0v) is 18.2. The van der Waals surface area contributed by atoms with Crippen LogP contribution in [0.15, 0.2) is 77.8 Å². The van der Waals surface area contributed by atoms with E-state index in [-0.39, 0.29) is 0 Å². The van der Waals surface area contributed by atoms with Crippen LogP contribution in [0.3, 0.4) is 0 Å². The molecule has 148 valence electrons. The Bertz CT molecular complexity index is 951. The minimum atomic E-state index is 0.797. The standard InChI is InChI=1S/C27H29NS/c1-3-21(2)8-9-22-11-16-25(17-12-22)27-7-5-4-6-24(27)15-10-23-13-18-26(19-14-23)28-20-29/h4-7,11-14,16-19,21H,3,8-10,15H2,1-2H3. The lowest BCUT2D eigenvalue weighted by atomic mass is 9.93. The van der Waals surface area contributed by atoms with E-state index in [1.165, 1.54) is 47.1 Å². The van der Waals surface area contributed by atoms with Crippen LogP contribution < -0.4 is 0 Å². The molecular weight excluding hydrogens is 370 g/mol. The second kappa shape index (κ2) is 10.9. The molecule has 3 rings (SSSR count). The summed E-state index contributed by atoms with van der Waals surface area (Å²) in [5.41, 5.74) is 7.63. The molecule has 0 amide bonds. The van der Waals surface area contributed by atoms with E-state index in [0.717, 1.165) is 24.4 Å². The number of thiocarbonyl (C=S) groups is 1. The van der Waals surface area contributed by atoms with E-state index in [0.29, 0.717) is 0 Å². The lowest BCUT2D eigenvalue weighted by molar-refractivity contribution is 0.516. The second-order valence-corrected chi connectivity index (χ2v) is 7.96. The summed E-state index contributed by atoms with van der Waals surface area (Å²) in [6.07, 6.45) is 5.71. The molecular formula is C27H29NS. The van der Waals surface area contributed by atoms with Gasteiger partial charge < -0.3 is 0 Å². The number of nitrogens with zero attached hydrogens (tertiary/aromatic N) is 1. The van der Waals surface area contributed by atoms with Gasteiger partial charge in [0.1, 0.15) is 0 Å². The number of aryl methyl sites for hydroxylation is 3. The molecule has 1 nitrogen and oxygen atoms in total. The summed E-state index contributed by atoms with van der Waals surface area (Å²) in [6.45, 7) is 4.61. The fraction of sp³-hybridized carbons (Fsp3) is 0.296. The lowest BCUT2D eigenvalue weighted by Crippen LogP contribution is -1.96. The van der Waals surface area contributed by atoms with Gasteiger partial charge in [0.05, 0.1) is 10.8 Å². The third-order valence-corrected chi connectivity index (χ3v) is 5.79. The van der Waals surface area contributed by atoms with E-state index in [9.17, 15) is 0 Å². The quantitative estimate of drug-likeness (QED) is 0.263. The van der Waals surface area contributed by atoms with Crippen molar-refractivity contribution in [2.75, 3.05) is 0 Å². The summed E-state index contributed by atoms with van der Waals surface area (Å²) in [7, 11) is 0. The Morgan fingerprint density at radius 1 is 0.828 bits per heavy atom. The monoisotopic (exact) mass is 399 g/mol. The Kier molecular flexibility index (Phi) is 7.93. The van der Waals surface area contributed by atoms with E-state index in [1.54, 1.807) is 0 Å². The summed E-state index contributed by atoms with van der Waals surface area (Å²) in [5, 5.41) is 2.42. The Labute approximate surface area is 180 Å². The first kappa shape index (κ1) is 21.2. The summed E-state index contributed by atoms with van der Waals surface area (Å²) in [6, 6.07) is 26.2. The van der Waals surface area contributed by atoms with Gasteiger partial charge in [-0.05, 0) is 83.8 Å². The SMILES string of the molecule is CCC(C)CCc1ccc(-c2ccccc2CCc2ccc(N=C=S)cc2)cc1. The molecule has 0 spiro atoms. The van der Waals surface area contributed by atoms with E-state index in [2.05, 4.69) is 96.9 Å². The summed E-state index contributed by atoms with van der Waals surface area (Å²) >= 11 is 4.67. The first-order valence-corrected chi connectivity index (χ1v) is 10.9. The van der Waals surface area contributed by atoms with Crippen LogP contribution in [-0.4, -0.2) is 5.16 Å².